The number of phenols is 1. The molecule has 4 aromatic rings. The number of nitrogens with zero attached hydrogens (tertiary/aromatic N) is 2. The van der Waals surface area contributed by atoms with Crippen LogP contribution in [-0.4, -0.2) is 52.0 Å². The van der Waals surface area contributed by atoms with Gasteiger partial charge in [-0.25, -0.2) is 4.79 Å². The van der Waals surface area contributed by atoms with Crippen molar-refractivity contribution >= 4 is 16.9 Å². The normalized spacial score (nSPS) is 14.5. The van der Waals surface area contributed by atoms with Crippen LogP contribution in [0, 0.1) is 5.92 Å². The molecule has 3 aromatic carbocycles. The van der Waals surface area contributed by atoms with Crippen molar-refractivity contribution in [3.8, 4) is 22.6 Å². The lowest BCUT2D eigenvalue weighted by atomic mass is 9.92. The van der Waals surface area contributed by atoms with E-state index in [0.717, 1.165) is 54.6 Å². The Morgan fingerprint density at radius 2 is 1.70 bits per heavy atom. The lowest BCUT2D eigenvalue weighted by Gasteiger charge is -2.32. The lowest BCUT2D eigenvalue weighted by molar-refractivity contribution is 0.0525. The first kappa shape index (κ1) is 27.7. The number of rotatable bonds is 10. The van der Waals surface area contributed by atoms with E-state index in [0.29, 0.717) is 34.9 Å². The van der Waals surface area contributed by atoms with E-state index in [4.69, 9.17) is 9.47 Å². The van der Waals surface area contributed by atoms with Gasteiger partial charge in [-0.05, 0) is 69.0 Å². The second-order valence-corrected chi connectivity index (χ2v) is 10.4. The number of aliphatic hydroxyl groups excluding tert-OH is 1. The van der Waals surface area contributed by atoms with Gasteiger partial charge in [0.1, 0.15) is 18.1 Å². The fourth-order valence-electron chi connectivity index (χ4n) is 5.81. The van der Waals surface area contributed by atoms with Crippen LogP contribution < -0.4 is 4.74 Å². The summed E-state index contributed by atoms with van der Waals surface area (Å²) >= 11 is 0. The van der Waals surface area contributed by atoms with Gasteiger partial charge in [0, 0.05) is 36.7 Å². The Kier molecular flexibility index (Phi) is 8.72. The van der Waals surface area contributed by atoms with Gasteiger partial charge >= 0.3 is 5.97 Å². The van der Waals surface area contributed by atoms with Gasteiger partial charge in [0.15, 0.2) is 0 Å². The first-order chi connectivity index (χ1) is 19.5. The summed E-state index contributed by atoms with van der Waals surface area (Å²) in [7, 11) is 1.94. The van der Waals surface area contributed by atoms with E-state index < -0.39 is 5.97 Å². The number of ether oxygens (including phenoxy) is 2. The second kappa shape index (κ2) is 12.6. The average Bonchev–Trinajstić information content (AvgIpc) is 3.26. The van der Waals surface area contributed by atoms with Crippen LogP contribution in [0.1, 0.15) is 47.8 Å². The molecule has 7 heteroatoms. The topological polar surface area (TPSA) is 84.2 Å². The fourth-order valence-corrected chi connectivity index (χ4v) is 5.81. The maximum absolute atomic E-state index is 13.5. The lowest BCUT2D eigenvalue weighted by Crippen LogP contribution is -2.33. The van der Waals surface area contributed by atoms with Gasteiger partial charge < -0.3 is 24.3 Å². The predicted molar refractivity (Wildman–Crippen MR) is 156 cm³/mol. The summed E-state index contributed by atoms with van der Waals surface area (Å²) in [6, 6.07) is 21.3. The molecular formula is C33H38N2O5. The molecule has 0 aliphatic carbocycles. The average molecular weight is 543 g/mol. The van der Waals surface area contributed by atoms with E-state index in [1.165, 1.54) is 0 Å². The Balaban J connectivity index is 1.65. The number of piperidine rings is 1. The van der Waals surface area contributed by atoms with E-state index in [-0.39, 0.29) is 25.6 Å². The Labute approximate surface area is 235 Å². The standard InChI is InChI=1S/C33H38N2O5/c1-3-39-33(38)31-29(22-40-25-12-8-5-9-13-25)34(2)28-20-26(24-10-6-4-7-11-24)32(37)27(30(28)31)21-35-17-14-23(15-18-35)16-19-36/h4-13,20,23,36-37H,3,14-19,21-22H2,1-2H3. The van der Waals surface area contributed by atoms with Crippen LogP contribution in [0.2, 0.25) is 0 Å². The van der Waals surface area contributed by atoms with Crippen LogP contribution in [0.4, 0.5) is 0 Å². The minimum atomic E-state index is -0.422. The SMILES string of the molecule is CCOC(=O)c1c(COc2ccccc2)n(C)c2cc(-c3ccccc3)c(O)c(CN3CCC(CCO)CC3)c12. The summed E-state index contributed by atoms with van der Waals surface area (Å²) in [5.74, 6) is 0.984. The Morgan fingerprint density at radius 1 is 1.02 bits per heavy atom. The van der Waals surface area contributed by atoms with E-state index in [9.17, 15) is 15.0 Å². The number of likely N-dealkylation sites (tertiary alicyclic amines) is 1. The summed E-state index contributed by atoms with van der Waals surface area (Å²) in [6.45, 7) is 4.67. The van der Waals surface area contributed by atoms with Crippen LogP contribution in [0.25, 0.3) is 22.0 Å². The van der Waals surface area contributed by atoms with Gasteiger partial charge in [0.05, 0.1) is 23.4 Å². The summed E-state index contributed by atoms with van der Waals surface area (Å²) < 4.78 is 13.7. The number of aromatic hydroxyl groups is 1. The molecule has 0 unspecified atom stereocenters. The van der Waals surface area contributed by atoms with Crippen molar-refractivity contribution < 1.29 is 24.5 Å². The molecule has 1 saturated heterocycles. The van der Waals surface area contributed by atoms with Crippen LogP contribution in [0.5, 0.6) is 11.5 Å². The van der Waals surface area contributed by atoms with E-state index in [2.05, 4.69) is 4.90 Å². The minimum absolute atomic E-state index is 0.177. The number of esters is 1. The number of carbonyl (C=O) groups is 1. The van der Waals surface area contributed by atoms with Crippen molar-refractivity contribution in [2.45, 2.75) is 39.3 Å². The third-order valence-corrected chi connectivity index (χ3v) is 7.99. The van der Waals surface area contributed by atoms with Crippen LogP contribution in [-0.2, 0) is 24.9 Å². The molecule has 2 N–H and O–H groups in total. The predicted octanol–water partition coefficient (Wildman–Crippen LogP) is 5.90. The molecule has 0 amide bonds. The molecule has 2 heterocycles. The van der Waals surface area contributed by atoms with Gasteiger partial charge in [-0.1, -0.05) is 48.5 Å². The van der Waals surface area contributed by atoms with Gasteiger partial charge in [-0.2, -0.15) is 0 Å². The third kappa shape index (κ3) is 5.71. The number of para-hydroxylation sites is 1. The Bertz CT molecular complexity index is 1440. The van der Waals surface area contributed by atoms with Crippen molar-refractivity contribution in [2.24, 2.45) is 13.0 Å². The first-order valence-corrected chi connectivity index (χ1v) is 14.1. The van der Waals surface area contributed by atoms with Crippen molar-refractivity contribution in [3.63, 3.8) is 0 Å². The highest BCUT2D eigenvalue weighted by Crippen LogP contribution is 2.42. The molecule has 1 fully saturated rings. The van der Waals surface area contributed by atoms with Crippen LogP contribution >= 0.6 is 0 Å². The first-order valence-electron chi connectivity index (χ1n) is 14.1. The van der Waals surface area contributed by atoms with Crippen LogP contribution in [0.15, 0.2) is 66.7 Å². The van der Waals surface area contributed by atoms with E-state index >= 15 is 0 Å². The highest BCUT2D eigenvalue weighted by atomic mass is 16.5. The van der Waals surface area contributed by atoms with Gasteiger partial charge in [-0.3, -0.25) is 4.90 Å². The number of aryl methyl sites for hydroxylation is 1. The number of hydrogen-bond donors (Lipinski definition) is 2. The van der Waals surface area contributed by atoms with Crippen molar-refractivity contribution in [2.75, 3.05) is 26.3 Å². The molecule has 40 heavy (non-hydrogen) atoms. The summed E-state index contributed by atoms with van der Waals surface area (Å²) in [5.41, 5.74) is 4.34. The molecular weight excluding hydrogens is 504 g/mol. The van der Waals surface area contributed by atoms with Crippen LogP contribution in [0.3, 0.4) is 0 Å². The molecule has 1 aliphatic heterocycles. The molecule has 210 valence electrons. The number of carbonyl (C=O) groups excluding carboxylic acids is 1. The van der Waals surface area contributed by atoms with Gasteiger partial charge in [0.2, 0.25) is 0 Å². The van der Waals surface area contributed by atoms with Crippen molar-refractivity contribution in [3.05, 3.63) is 83.6 Å². The Hall–Kier alpha value is -3.81. The second-order valence-electron chi connectivity index (χ2n) is 10.4. The summed E-state index contributed by atoms with van der Waals surface area (Å²) in [5, 5.41) is 21.9. The van der Waals surface area contributed by atoms with E-state index in [1.807, 2.05) is 78.3 Å². The number of benzene rings is 3. The smallest absolute Gasteiger partial charge is 0.340 e. The molecule has 1 aromatic heterocycles. The molecule has 0 atom stereocenters. The number of aliphatic hydroxyl groups is 1. The third-order valence-electron chi connectivity index (χ3n) is 7.99. The zero-order chi connectivity index (χ0) is 28.1. The number of phenolic OH excluding ortho intramolecular Hbond substituents is 1. The molecule has 5 rings (SSSR count). The molecule has 0 radical (unpaired) electrons. The summed E-state index contributed by atoms with van der Waals surface area (Å²) in [6.07, 6.45) is 2.82. The molecule has 0 bridgehead atoms. The maximum atomic E-state index is 13.5. The zero-order valence-electron chi connectivity index (χ0n) is 23.3. The molecule has 1 aliphatic rings. The highest BCUT2D eigenvalue weighted by Gasteiger charge is 2.30. The fraction of sp³-hybridized carbons (Fsp3) is 0.364. The summed E-state index contributed by atoms with van der Waals surface area (Å²) in [4.78, 5) is 15.9. The Morgan fingerprint density at radius 3 is 2.35 bits per heavy atom. The molecule has 0 saturated carbocycles. The number of hydrogen-bond acceptors (Lipinski definition) is 6. The minimum Gasteiger partial charge on any atom is -0.507 e. The van der Waals surface area contributed by atoms with Crippen molar-refractivity contribution in [1.29, 1.82) is 0 Å². The highest BCUT2D eigenvalue weighted by molar-refractivity contribution is 6.09. The van der Waals surface area contributed by atoms with E-state index in [1.54, 1.807) is 6.92 Å². The quantitative estimate of drug-likeness (QED) is 0.243. The molecule has 7 nitrogen and oxygen atoms in total. The monoisotopic (exact) mass is 542 g/mol. The largest absolute Gasteiger partial charge is 0.507 e. The maximum Gasteiger partial charge on any atom is 0.340 e. The van der Waals surface area contributed by atoms with Gasteiger partial charge in [0.25, 0.3) is 0 Å². The molecule has 0 spiro atoms. The zero-order valence-corrected chi connectivity index (χ0v) is 23.3. The van der Waals surface area contributed by atoms with Crippen molar-refractivity contribution in [1.82, 2.24) is 9.47 Å². The number of aromatic nitrogens is 1. The van der Waals surface area contributed by atoms with Gasteiger partial charge in [-0.15, -0.1) is 0 Å². The number of fused-ring (bicyclic) bond motifs is 1.